The molecule has 62 heavy (non-hydrogen) atoms. The van der Waals surface area contributed by atoms with Crippen LogP contribution in [0.1, 0.15) is 91.6 Å². The van der Waals surface area contributed by atoms with Crippen molar-refractivity contribution in [3.8, 4) is 23.0 Å². The van der Waals surface area contributed by atoms with E-state index in [9.17, 15) is 39.6 Å². The van der Waals surface area contributed by atoms with E-state index < -0.39 is 95.5 Å². The zero-order chi connectivity index (χ0) is 46.4. The van der Waals surface area contributed by atoms with Crippen LogP contribution in [0.5, 0.6) is 23.0 Å². The molecule has 0 saturated carbocycles. The van der Waals surface area contributed by atoms with E-state index in [4.69, 9.17) is 23.7 Å². The number of phenolic OH excluding ortho intramolecular Hbond substituents is 2. The molecule has 5 N–H and O–H groups in total. The average molecular weight is 868 g/mol. The number of hydrogen-bond donors (Lipinski definition) is 5. The van der Waals surface area contributed by atoms with Gasteiger partial charge >= 0.3 is 11.8 Å². The number of aliphatic hydroxyl groups is 2. The fourth-order valence-corrected chi connectivity index (χ4v) is 8.16. The van der Waals surface area contributed by atoms with Crippen molar-refractivity contribution in [2.45, 2.75) is 113 Å². The number of aliphatic hydroxyl groups excluding tert-OH is 2. The zero-order valence-corrected chi connectivity index (χ0v) is 38.0. The molecule has 3 aliphatic heterocycles. The van der Waals surface area contributed by atoms with Gasteiger partial charge in [0.05, 0.1) is 41.2 Å². The number of benzene rings is 2. The van der Waals surface area contributed by atoms with Crippen LogP contribution in [0.2, 0.25) is 0 Å². The Labute approximate surface area is 364 Å². The van der Waals surface area contributed by atoms with Gasteiger partial charge < -0.3 is 49.4 Å². The highest BCUT2D eigenvalue weighted by Gasteiger charge is 2.50. The van der Waals surface area contributed by atoms with Crippen LogP contribution in [0.4, 0.5) is 5.69 Å². The van der Waals surface area contributed by atoms with Crippen molar-refractivity contribution in [3.05, 3.63) is 53.3 Å². The first-order valence-electron chi connectivity index (χ1n) is 21.2. The highest BCUT2D eigenvalue weighted by atomic mass is 16.7. The van der Waals surface area contributed by atoms with Gasteiger partial charge in [-0.05, 0) is 26.3 Å². The molecule has 2 amide bonds. The summed E-state index contributed by atoms with van der Waals surface area (Å²) >= 11 is 0. The summed E-state index contributed by atoms with van der Waals surface area (Å²) in [5, 5.41) is 52.2. The Hall–Kier alpha value is -5.16. The number of hydrogen-bond acceptors (Lipinski definition) is 14. The number of amides is 2. The lowest BCUT2D eigenvalue weighted by atomic mass is 9.78. The number of phenols is 2. The minimum Gasteiger partial charge on any atom is -0.507 e. The third kappa shape index (κ3) is 10.2. The number of rotatable bonds is 10. The Morgan fingerprint density at radius 2 is 1.60 bits per heavy atom. The first-order valence-corrected chi connectivity index (χ1v) is 21.2. The molecule has 0 radical (unpaired) electrons. The van der Waals surface area contributed by atoms with Crippen LogP contribution in [-0.4, -0.2) is 118 Å². The molecular formula is C46H65N3O13. The first-order chi connectivity index (χ1) is 29.2. The Kier molecular flexibility index (Phi) is 16.6. The zero-order valence-electron chi connectivity index (χ0n) is 38.0. The fraction of sp³-hybridized carbons (Fsp3) is 0.565. The number of nitrogens with zero attached hydrogens (tertiary/aromatic N) is 2. The number of esters is 1. The molecule has 5 bridgehead atoms. The van der Waals surface area contributed by atoms with Crippen LogP contribution in [0, 0.1) is 30.6 Å². The highest BCUT2D eigenvalue weighted by Crippen LogP contribution is 2.54. The van der Waals surface area contributed by atoms with Crippen LogP contribution in [-0.2, 0) is 28.6 Å². The molecule has 0 unspecified atom stereocenters. The van der Waals surface area contributed by atoms with E-state index in [1.165, 1.54) is 59.3 Å². The van der Waals surface area contributed by atoms with E-state index >= 15 is 0 Å². The number of anilines is 1. The van der Waals surface area contributed by atoms with Crippen molar-refractivity contribution < 1.29 is 63.3 Å². The van der Waals surface area contributed by atoms with E-state index in [0.717, 1.165) is 0 Å². The number of ether oxygens (including phenoxy) is 5. The lowest BCUT2D eigenvalue weighted by Gasteiger charge is -2.38. The van der Waals surface area contributed by atoms with Crippen LogP contribution >= 0.6 is 0 Å². The van der Waals surface area contributed by atoms with Gasteiger partial charge in [0.25, 0.3) is 17.6 Å². The number of carbonyl (C=O) groups is 4. The van der Waals surface area contributed by atoms with Crippen LogP contribution in [0.15, 0.2) is 42.2 Å². The SMILES string of the molecule is CCCN(C(=O)COc1cc2c(O)c3c(O)c(C)c4c(c13)C(=O)[C@@](C)(O/C=C/[C@H](OC)[C@H](C)[C@H](OC(C)=O)[C@H](C)[C@H](O)[C@H](C)[C@H](O)[C@@H](C)/C=C/C=C(/C)C(=O)N2)O4)N(CC)CC. The summed E-state index contributed by atoms with van der Waals surface area (Å²) in [4.78, 5) is 54.4. The molecule has 342 valence electrons. The Bertz CT molecular complexity index is 2080. The predicted molar refractivity (Wildman–Crippen MR) is 233 cm³/mol. The van der Waals surface area contributed by atoms with Gasteiger partial charge in [0.2, 0.25) is 0 Å². The summed E-state index contributed by atoms with van der Waals surface area (Å²) in [5.41, 5.74) is -0.0197. The van der Waals surface area contributed by atoms with E-state index in [0.29, 0.717) is 26.1 Å². The summed E-state index contributed by atoms with van der Waals surface area (Å²) in [6, 6.07) is 1.28. The van der Waals surface area contributed by atoms with Crippen LogP contribution in [0.3, 0.4) is 0 Å². The smallest absolute Gasteiger partial charge is 0.312 e. The minimum atomic E-state index is -2.04. The maximum absolute atomic E-state index is 14.6. The second-order valence-corrected chi connectivity index (χ2v) is 16.3. The molecule has 2 aromatic rings. The average Bonchev–Trinajstić information content (AvgIpc) is 3.50. The van der Waals surface area contributed by atoms with Crippen molar-refractivity contribution in [2.75, 3.05) is 38.7 Å². The van der Waals surface area contributed by atoms with E-state index in [2.05, 4.69) is 5.32 Å². The monoisotopic (exact) mass is 867 g/mol. The second-order valence-electron chi connectivity index (χ2n) is 16.3. The molecule has 3 heterocycles. The molecule has 0 fully saturated rings. The molecule has 16 nitrogen and oxygen atoms in total. The number of ketones is 1. The van der Waals surface area contributed by atoms with Crippen molar-refractivity contribution in [1.82, 2.24) is 10.0 Å². The highest BCUT2D eigenvalue weighted by molar-refractivity contribution is 6.21. The fourth-order valence-electron chi connectivity index (χ4n) is 8.16. The van der Waals surface area contributed by atoms with Gasteiger partial charge in [-0.2, -0.15) is 0 Å². The number of aromatic hydroxyl groups is 2. The molecule has 3 aliphatic rings. The molecule has 5 rings (SSSR count). The van der Waals surface area contributed by atoms with Crippen molar-refractivity contribution >= 4 is 40.0 Å². The maximum atomic E-state index is 14.6. The number of carbonyl (C=O) groups excluding carboxylic acids is 4. The van der Waals surface area contributed by atoms with E-state index in [1.54, 1.807) is 44.9 Å². The van der Waals surface area contributed by atoms with Gasteiger partial charge in [-0.25, -0.2) is 5.01 Å². The van der Waals surface area contributed by atoms with Gasteiger partial charge in [-0.3, -0.25) is 24.2 Å². The molecule has 0 saturated heterocycles. The molecule has 2 aromatic carbocycles. The summed E-state index contributed by atoms with van der Waals surface area (Å²) in [7, 11) is 1.44. The van der Waals surface area contributed by atoms with Crippen molar-refractivity contribution in [3.63, 3.8) is 0 Å². The van der Waals surface area contributed by atoms with Crippen molar-refractivity contribution in [1.29, 1.82) is 0 Å². The Balaban J connectivity index is 1.94. The normalized spacial score (nSPS) is 29.0. The second kappa shape index (κ2) is 20.8. The number of nitrogens with one attached hydrogen (secondary N) is 1. The largest absolute Gasteiger partial charge is 0.507 e. The lowest BCUT2D eigenvalue weighted by molar-refractivity contribution is -0.160. The topological polar surface area (TPSA) is 214 Å². The molecule has 0 aromatic heterocycles. The molecule has 0 aliphatic carbocycles. The number of allylic oxidation sites excluding steroid dienone is 2. The Morgan fingerprint density at radius 3 is 2.19 bits per heavy atom. The van der Waals surface area contributed by atoms with E-state index in [-0.39, 0.29) is 44.7 Å². The number of methoxy groups -OCH3 is 1. The lowest BCUT2D eigenvalue weighted by Crippen LogP contribution is -2.48. The summed E-state index contributed by atoms with van der Waals surface area (Å²) in [5.74, 6) is -8.09. The van der Waals surface area contributed by atoms with Gasteiger partial charge in [-0.15, -0.1) is 0 Å². The van der Waals surface area contributed by atoms with Crippen LogP contribution in [0.25, 0.3) is 10.8 Å². The standard InChI is InChI=1S/C46H65N3O13/c1-13-20-49(48(14-2)15-3)34(51)23-59-33-22-31-41(55)36-35(33)37-43(29(9)40(36)54)62-46(11,44(37)56)60-21-19-32(58-12)26(6)42(61-30(10)50)28(8)39(53)27(7)38(52)24(4)17-16-18-25(5)45(57)47-31/h16-19,21-22,24,26-28,32,38-39,42,52-55H,13-15,20,23H2,1-12H3,(H,47,57)/b17-16+,21-19+,25-18-/t24-,26-,27+,28+,32-,38+,39+,42-,46-/m0/s1. The van der Waals surface area contributed by atoms with Gasteiger partial charge in [0, 0.05) is 86.9 Å². The Morgan fingerprint density at radius 1 is 0.935 bits per heavy atom. The van der Waals surface area contributed by atoms with E-state index in [1.807, 2.05) is 25.8 Å². The molecule has 0 spiro atoms. The van der Waals surface area contributed by atoms with Crippen LogP contribution < -0.4 is 14.8 Å². The third-order valence-electron chi connectivity index (χ3n) is 12.0. The molecular weight excluding hydrogens is 803 g/mol. The molecule has 9 atom stereocenters. The quantitative estimate of drug-likeness (QED) is 0.107. The predicted octanol–water partition coefficient (Wildman–Crippen LogP) is 5.92. The summed E-state index contributed by atoms with van der Waals surface area (Å²) in [6.45, 7) is 19.4. The first kappa shape index (κ1) is 49.5. The van der Waals surface area contributed by atoms with Crippen molar-refractivity contribution in [2.24, 2.45) is 23.7 Å². The number of fused-ring (bicyclic) bond motifs is 14. The van der Waals surface area contributed by atoms with Gasteiger partial charge in [0.15, 0.2) is 12.4 Å². The number of hydrazine groups is 1. The minimum absolute atomic E-state index is 0.0602. The third-order valence-corrected chi connectivity index (χ3v) is 12.0. The molecule has 16 heteroatoms. The maximum Gasteiger partial charge on any atom is 0.312 e. The van der Waals surface area contributed by atoms with Gasteiger partial charge in [-0.1, -0.05) is 66.7 Å². The number of Topliss-reactive ketones (excluding diaryl/α,β-unsaturated/α-hetero) is 1. The summed E-state index contributed by atoms with van der Waals surface area (Å²) in [6.07, 6.45) is 4.27. The summed E-state index contributed by atoms with van der Waals surface area (Å²) < 4.78 is 30.0. The van der Waals surface area contributed by atoms with Gasteiger partial charge in [0.1, 0.15) is 23.4 Å².